The third-order valence-corrected chi connectivity index (χ3v) is 4.58. The molecular formula is C18H23FN4O2. The lowest BCUT2D eigenvalue weighted by Gasteiger charge is -2.38. The summed E-state index contributed by atoms with van der Waals surface area (Å²) in [5.74, 6) is -0.481. The summed E-state index contributed by atoms with van der Waals surface area (Å²) in [6.07, 6.45) is 3.07. The maximum Gasteiger partial charge on any atom is 0.227 e. The van der Waals surface area contributed by atoms with Gasteiger partial charge in [-0.25, -0.2) is 9.07 Å². The van der Waals surface area contributed by atoms with Gasteiger partial charge in [-0.2, -0.15) is 0 Å². The monoisotopic (exact) mass is 346 g/mol. The molecule has 0 bridgehead atoms. The van der Waals surface area contributed by atoms with Crippen LogP contribution in [-0.2, 0) is 16.8 Å². The Morgan fingerprint density at radius 3 is 2.92 bits per heavy atom. The summed E-state index contributed by atoms with van der Waals surface area (Å²) < 4.78 is 15.0. The fourth-order valence-electron chi connectivity index (χ4n) is 3.13. The Bertz CT molecular complexity index is 761. The Morgan fingerprint density at radius 2 is 2.24 bits per heavy atom. The van der Waals surface area contributed by atoms with E-state index in [1.165, 1.54) is 12.1 Å². The molecule has 6 nitrogen and oxygen atoms in total. The maximum absolute atomic E-state index is 13.3. The van der Waals surface area contributed by atoms with Crippen LogP contribution in [0.1, 0.15) is 44.0 Å². The van der Waals surface area contributed by atoms with Crippen molar-refractivity contribution in [3.8, 4) is 0 Å². The molecule has 0 saturated carbocycles. The molecule has 3 rings (SSSR count). The van der Waals surface area contributed by atoms with Gasteiger partial charge >= 0.3 is 0 Å². The fraction of sp³-hybridized carbons (Fsp3) is 0.500. The third-order valence-electron chi connectivity index (χ3n) is 4.58. The van der Waals surface area contributed by atoms with Gasteiger partial charge in [-0.3, -0.25) is 4.79 Å². The van der Waals surface area contributed by atoms with Crippen molar-refractivity contribution < 1.29 is 14.3 Å². The van der Waals surface area contributed by atoms with Crippen LogP contribution in [0.5, 0.6) is 0 Å². The van der Waals surface area contributed by atoms with Gasteiger partial charge in [-0.05, 0) is 44.4 Å². The van der Waals surface area contributed by atoms with Crippen molar-refractivity contribution in [2.45, 2.75) is 44.8 Å². The van der Waals surface area contributed by atoms with E-state index in [0.717, 1.165) is 0 Å². The molecular weight excluding hydrogens is 323 g/mol. The van der Waals surface area contributed by atoms with Crippen LogP contribution >= 0.6 is 0 Å². The molecule has 1 amide bonds. The average Bonchev–Trinajstić information content (AvgIpc) is 3.06. The topological polar surface area (TPSA) is 71.2 Å². The molecule has 1 aromatic carbocycles. The number of hydrogen-bond donors (Lipinski definition) is 1. The second-order valence-corrected chi connectivity index (χ2v) is 6.93. The summed E-state index contributed by atoms with van der Waals surface area (Å²) in [5.41, 5.74) is -0.0717. The molecule has 0 radical (unpaired) electrons. The first-order valence-electron chi connectivity index (χ1n) is 8.54. The Kier molecular flexibility index (Phi) is 4.85. The van der Waals surface area contributed by atoms with Gasteiger partial charge in [-0.15, -0.1) is 5.10 Å². The van der Waals surface area contributed by atoms with E-state index in [-0.39, 0.29) is 30.7 Å². The van der Waals surface area contributed by atoms with E-state index in [2.05, 4.69) is 10.3 Å². The molecule has 0 spiro atoms. The van der Waals surface area contributed by atoms with Crippen molar-refractivity contribution in [2.75, 3.05) is 13.1 Å². The van der Waals surface area contributed by atoms with Crippen molar-refractivity contribution >= 4 is 5.91 Å². The third kappa shape index (κ3) is 3.87. The number of carbonyl (C=O) groups excluding carboxylic acids is 1. The predicted molar refractivity (Wildman–Crippen MR) is 90.2 cm³/mol. The molecule has 1 saturated heterocycles. The lowest BCUT2D eigenvalue weighted by Crippen LogP contribution is -2.49. The van der Waals surface area contributed by atoms with Gasteiger partial charge in [0, 0.05) is 12.6 Å². The van der Waals surface area contributed by atoms with E-state index in [0.29, 0.717) is 30.6 Å². The lowest BCUT2D eigenvalue weighted by molar-refractivity contribution is -0.138. The zero-order valence-corrected chi connectivity index (χ0v) is 14.5. The van der Waals surface area contributed by atoms with E-state index < -0.39 is 5.60 Å². The molecule has 1 aliphatic heterocycles. The first-order chi connectivity index (χ1) is 11.9. The Hall–Kier alpha value is -2.28. The van der Waals surface area contributed by atoms with E-state index in [4.69, 9.17) is 0 Å². The summed E-state index contributed by atoms with van der Waals surface area (Å²) in [5, 5.41) is 19.1. The van der Waals surface area contributed by atoms with E-state index in [1.807, 2.05) is 13.8 Å². The molecule has 134 valence electrons. The average molecular weight is 346 g/mol. The first kappa shape index (κ1) is 17.5. The van der Waals surface area contributed by atoms with Gasteiger partial charge in [-0.1, -0.05) is 17.3 Å². The number of amides is 1. The van der Waals surface area contributed by atoms with Gasteiger partial charge in [0.05, 0.1) is 19.2 Å². The zero-order valence-electron chi connectivity index (χ0n) is 14.5. The van der Waals surface area contributed by atoms with Crippen LogP contribution in [0.3, 0.4) is 0 Å². The number of aliphatic hydroxyl groups is 1. The molecule has 2 heterocycles. The predicted octanol–water partition coefficient (Wildman–Crippen LogP) is 2.05. The number of carbonyl (C=O) groups is 1. The number of hydrogen-bond acceptors (Lipinski definition) is 4. The van der Waals surface area contributed by atoms with Crippen LogP contribution in [0.4, 0.5) is 4.39 Å². The fourth-order valence-corrected chi connectivity index (χ4v) is 3.13. The molecule has 0 unspecified atom stereocenters. The van der Waals surface area contributed by atoms with Crippen LogP contribution < -0.4 is 0 Å². The summed E-state index contributed by atoms with van der Waals surface area (Å²) in [7, 11) is 0. The van der Waals surface area contributed by atoms with Crippen molar-refractivity contribution in [1.29, 1.82) is 0 Å². The Balaban J connectivity index is 1.72. The molecule has 7 heteroatoms. The largest absolute Gasteiger partial charge is 0.382 e. The minimum Gasteiger partial charge on any atom is -0.382 e. The lowest BCUT2D eigenvalue weighted by atomic mass is 9.89. The maximum atomic E-state index is 13.3. The molecule has 0 aliphatic carbocycles. The highest BCUT2D eigenvalue weighted by molar-refractivity contribution is 5.79. The van der Waals surface area contributed by atoms with E-state index >= 15 is 0 Å². The summed E-state index contributed by atoms with van der Waals surface area (Å²) in [6.45, 7) is 4.73. The van der Waals surface area contributed by atoms with Crippen LogP contribution in [0.2, 0.25) is 0 Å². The number of β-amino-alcohol motifs (C(OH)–C–C–N with tert-alkyl or cyclic N) is 1. The molecule has 1 N–H and O–H groups in total. The van der Waals surface area contributed by atoms with Crippen LogP contribution in [-0.4, -0.2) is 44.0 Å². The molecule has 2 aromatic rings. The van der Waals surface area contributed by atoms with Gasteiger partial charge < -0.3 is 10.0 Å². The Morgan fingerprint density at radius 1 is 1.44 bits per heavy atom. The number of aromatic nitrogens is 3. The van der Waals surface area contributed by atoms with E-state index in [9.17, 15) is 14.3 Å². The normalized spacial score (nSPS) is 20.9. The molecule has 25 heavy (non-hydrogen) atoms. The minimum absolute atomic E-state index is 0.118. The van der Waals surface area contributed by atoms with Gasteiger partial charge in [0.15, 0.2) is 0 Å². The summed E-state index contributed by atoms with van der Waals surface area (Å²) in [4.78, 5) is 14.2. The van der Waals surface area contributed by atoms with Crippen LogP contribution in [0.15, 0.2) is 30.5 Å². The smallest absolute Gasteiger partial charge is 0.227 e. The van der Waals surface area contributed by atoms with Crippen molar-refractivity contribution in [1.82, 2.24) is 19.9 Å². The number of likely N-dealkylation sites (tertiary alicyclic amines) is 1. The molecule has 1 fully saturated rings. The highest BCUT2D eigenvalue weighted by Crippen LogP contribution is 2.30. The molecule has 1 aromatic heterocycles. The van der Waals surface area contributed by atoms with Crippen molar-refractivity contribution in [3.63, 3.8) is 0 Å². The highest BCUT2D eigenvalue weighted by atomic mass is 19.1. The zero-order chi connectivity index (χ0) is 18.0. The molecule has 1 aliphatic rings. The SMILES string of the molecule is CC(C)n1cc([C@]2(O)CCCN(C(=O)Cc3cccc(F)c3)C2)nn1. The number of rotatable bonds is 4. The second kappa shape index (κ2) is 6.92. The minimum atomic E-state index is -1.19. The summed E-state index contributed by atoms with van der Waals surface area (Å²) >= 11 is 0. The quantitative estimate of drug-likeness (QED) is 0.920. The van der Waals surface area contributed by atoms with Gasteiger partial charge in [0.2, 0.25) is 5.91 Å². The van der Waals surface area contributed by atoms with Crippen molar-refractivity contribution in [2.24, 2.45) is 0 Å². The number of benzene rings is 1. The first-order valence-corrected chi connectivity index (χ1v) is 8.54. The van der Waals surface area contributed by atoms with E-state index in [1.54, 1.807) is 27.9 Å². The van der Waals surface area contributed by atoms with Crippen molar-refractivity contribution in [3.05, 3.63) is 47.5 Å². The molecule has 1 atom stereocenters. The highest BCUT2D eigenvalue weighted by Gasteiger charge is 2.39. The standard InChI is InChI=1S/C18H23FN4O2/c1-13(2)23-11-16(20-21-23)18(25)7-4-8-22(12-18)17(24)10-14-5-3-6-15(19)9-14/h3,5-6,9,11,13,25H,4,7-8,10,12H2,1-2H3/t18-/m0/s1. The number of nitrogens with zero attached hydrogens (tertiary/aromatic N) is 4. The Labute approximate surface area is 146 Å². The van der Waals surface area contributed by atoms with Crippen LogP contribution in [0.25, 0.3) is 0 Å². The number of halogens is 1. The second-order valence-electron chi connectivity index (χ2n) is 6.93. The number of piperidine rings is 1. The van der Waals surface area contributed by atoms with Gasteiger partial charge in [0.1, 0.15) is 17.1 Å². The van der Waals surface area contributed by atoms with Gasteiger partial charge in [0.25, 0.3) is 0 Å². The summed E-state index contributed by atoms with van der Waals surface area (Å²) in [6, 6.07) is 6.19. The van der Waals surface area contributed by atoms with Crippen LogP contribution in [0, 0.1) is 5.82 Å².